The van der Waals surface area contributed by atoms with Gasteiger partial charge in [0.15, 0.2) is 0 Å². The Balaban J connectivity index is 2.54. The van der Waals surface area contributed by atoms with Gasteiger partial charge in [-0.1, -0.05) is 49.4 Å². The second kappa shape index (κ2) is 4.79. The van der Waals surface area contributed by atoms with Crippen LogP contribution in [0.15, 0.2) is 42.5 Å². The van der Waals surface area contributed by atoms with Gasteiger partial charge in [-0.25, -0.2) is 0 Å². The Kier molecular flexibility index (Phi) is 3.20. The minimum absolute atomic E-state index is 0.149. The highest BCUT2D eigenvalue weighted by molar-refractivity contribution is 5.86. The molecule has 2 nitrogen and oxygen atoms in total. The lowest BCUT2D eigenvalue weighted by molar-refractivity contribution is -0.134. The zero-order chi connectivity index (χ0) is 11.4. The highest BCUT2D eigenvalue weighted by atomic mass is 16.5. The normalized spacial score (nSPS) is 12.3. The average Bonchev–Trinajstić information content (AvgIpc) is 2.35. The van der Waals surface area contributed by atoms with E-state index in [0.29, 0.717) is 6.47 Å². The molecule has 2 heteroatoms. The van der Waals surface area contributed by atoms with E-state index in [4.69, 9.17) is 4.74 Å². The molecule has 0 saturated carbocycles. The zero-order valence-electron chi connectivity index (χ0n) is 9.22. The van der Waals surface area contributed by atoms with E-state index < -0.39 is 0 Å². The maximum atomic E-state index is 10.5. The molecular formula is C14H14O2. The van der Waals surface area contributed by atoms with Crippen molar-refractivity contribution in [2.75, 3.05) is 0 Å². The molecule has 0 spiro atoms. The van der Waals surface area contributed by atoms with Crippen LogP contribution in [0, 0.1) is 0 Å². The van der Waals surface area contributed by atoms with Crippen LogP contribution in [0.3, 0.4) is 0 Å². The highest BCUT2D eigenvalue weighted by Crippen LogP contribution is 2.28. The molecule has 82 valence electrons. The molecule has 0 saturated heterocycles. The summed E-state index contributed by atoms with van der Waals surface area (Å²) in [7, 11) is 0. The van der Waals surface area contributed by atoms with Crippen LogP contribution in [0.4, 0.5) is 0 Å². The van der Waals surface area contributed by atoms with E-state index in [1.807, 2.05) is 31.2 Å². The summed E-state index contributed by atoms with van der Waals surface area (Å²) in [6.45, 7) is 2.53. The molecule has 2 aromatic rings. The van der Waals surface area contributed by atoms with Gasteiger partial charge >= 0.3 is 0 Å². The fourth-order valence-corrected chi connectivity index (χ4v) is 1.99. The Labute approximate surface area is 94.8 Å². The maximum absolute atomic E-state index is 10.5. The molecule has 0 fully saturated rings. The third-order valence-electron chi connectivity index (χ3n) is 2.76. The van der Waals surface area contributed by atoms with E-state index in [1.54, 1.807) is 0 Å². The number of ether oxygens (including phenoxy) is 1. The van der Waals surface area contributed by atoms with Gasteiger partial charge in [0.1, 0.15) is 6.10 Å². The van der Waals surface area contributed by atoms with Crippen LogP contribution in [0.5, 0.6) is 0 Å². The van der Waals surface area contributed by atoms with Crippen molar-refractivity contribution in [2.45, 2.75) is 19.4 Å². The fourth-order valence-electron chi connectivity index (χ4n) is 1.99. The van der Waals surface area contributed by atoms with Gasteiger partial charge in [-0.15, -0.1) is 0 Å². The second-order valence-electron chi connectivity index (χ2n) is 3.70. The number of benzene rings is 2. The summed E-state index contributed by atoms with van der Waals surface area (Å²) >= 11 is 0. The van der Waals surface area contributed by atoms with Crippen molar-refractivity contribution >= 4 is 17.2 Å². The van der Waals surface area contributed by atoms with Gasteiger partial charge < -0.3 is 4.74 Å². The molecule has 0 heterocycles. The smallest absolute Gasteiger partial charge is 0.293 e. The number of rotatable bonds is 4. The van der Waals surface area contributed by atoms with E-state index in [2.05, 4.69) is 18.2 Å². The van der Waals surface area contributed by atoms with Crippen LogP contribution < -0.4 is 0 Å². The van der Waals surface area contributed by atoms with Crippen molar-refractivity contribution in [3.05, 3.63) is 48.0 Å². The number of hydrogen-bond donors (Lipinski definition) is 0. The van der Waals surface area contributed by atoms with E-state index >= 15 is 0 Å². The largest absolute Gasteiger partial charge is 0.460 e. The van der Waals surface area contributed by atoms with E-state index in [0.717, 1.165) is 17.4 Å². The van der Waals surface area contributed by atoms with Crippen molar-refractivity contribution < 1.29 is 9.53 Å². The number of hydrogen-bond acceptors (Lipinski definition) is 2. The van der Waals surface area contributed by atoms with Crippen LogP contribution in [-0.2, 0) is 9.53 Å². The average molecular weight is 214 g/mol. The Morgan fingerprint density at radius 3 is 2.69 bits per heavy atom. The molecule has 2 rings (SSSR count). The summed E-state index contributed by atoms with van der Waals surface area (Å²) in [6.07, 6.45) is 0.635. The van der Waals surface area contributed by atoms with E-state index in [1.165, 1.54) is 5.39 Å². The molecule has 0 N–H and O–H groups in total. The molecule has 0 bridgehead atoms. The first kappa shape index (κ1) is 10.7. The molecular weight excluding hydrogens is 200 g/mol. The lowest BCUT2D eigenvalue weighted by atomic mass is 9.99. The monoisotopic (exact) mass is 214 g/mol. The summed E-state index contributed by atoms with van der Waals surface area (Å²) in [5.74, 6) is 0. The van der Waals surface area contributed by atoms with Crippen molar-refractivity contribution in [3.8, 4) is 0 Å². The minimum Gasteiger partial charge on any atom is -0.460 e. The molecule has 0 radical (unpaired) electrons. The van der Waals surface area contributed by atoms with E-state index in [9.17, 15) is 4.79 Å². The summed E-state index contributed by atoms with van der Waals surface area (Å²) in [5, 5.41) is 2.33. The SMILES string of the molecule is CCC(OC=O)c1cccc2ccccc12. The zero-order valence-corrected chi connectivity index (χ0v) is 9.22. The van der Waals surface area contributed by atoms with Gasteiger partial charge in [-0.05, 0) is 17.2 Å². The standard InChI is InChI=1S/C14H14O2/c1-2-14(16-10-15)13-9-5-7-11-6-3-4-8-12(11)13/h3-10,14H,2H2,1H3. The van der Waals surface area contributed by atoms with Gasteiger partial charge in [0.25, 0.3) is 6.47 Å². The predicted molar refractivity (Wildman–Crippen MR) is 64.1 cm³/mol. The van der Waals surface area contributed by atoms with Gasteiger partial charge in [0, 0.05) is 5.56 Å². The molecule has 1 unspecified atom stereocenters. The van der Waals surface area contributed by atoms with Crippen LogP contribution in [0.2, 0.25) is 0 Å². The summed E-state index contributed by atoms with van der Waals surface area (Å²) in [6, 6.07) is 14.2. The topological polar surface area (TPSA) is 26.3 Å². The molecule has 0 amide bonds. The van der Waals surface area contributed by atoms with E-state index in [-0.39, 0.29) is 6.10 Å². The third-order valence-corrected chi connectivity index (χ3v) is 2.76. The van der Waals surface area contributed by atoms with Crippen molar-refractivity contribution in [1.82, 2.24) is 0 Å². The van der Waals surface area contributed by atoms with Crippen molar-refractivity contribution in [3.63, 3.8) is 0 Å². The molecule has 0 aliphatic heterocycles. The minimum atomic E-state index is -0.149. The predicted octanol–water partition coefficient (Wildman–Crippen LogP) is 3.46. The Morgan fingerprint density at radius 2 is 1.94 bits per heavy atom. The Morgan fingerprint density at radius 1 is 1.19 bits per heavy atom. The molecule has 0 aromatic heterocycles. The lowest BCUT2D eigenvalue weighted by Gasteiger charge is -2.15. The van der Waals surface area contributed by atoms with Gasteiger partial charge in [0.05, 0.1) is 0 Å². The van der Waals surface area contributed by atoms with Gasteiger partial charge in [-0.2, -0.15) is 0 Å². The summed E-state index contributed by atoms with van der Waals surface area (Å²) in [4.78, 5) is 10.5. The first-order valence-corrected chi connectivity index (χ1v) is 5.43. The second-order valence-corrected chi connectivity index (χ2v) is 3.70. The molecule has 1 atom stereocenters. The molecule has 0 aliphatic rings. The van der Waals surface area contributed by atoms with Gasteiger partial charge in [0.2, 0.25) is 0 Å². The summed E-state index contributed by atoms with van der Waals surface area (Å²) < 4.78 is 5.10. The first-order chi connectivity index (χ1) is 7.86. The van der Waals surface area contributed by atoms with Crippen LogP contribution in [0.25, 0.3) is 10.8 Å². The maximum Gasteiger partial charge on any atom is 0.293 e. The van der Waals surface area contributed by atoms with Crippen molar-refractivity contribution in [1.29, 1.82) is 0 Å². The molecule has 2 aromatic carbocycles. The highest BCUT2D eigenvalue weighted by Gasteiger charge is 2.12. The quantitative estimate of drug-likeness (QED) is 0.728. The van der Waals surface area contributed by atoms with Crippen LogP contribution in [-0.4, -0.2) is 6.47 Å². The van der Waals surface area contributed by atoms with Crippen molar-refractivity contribution in [2.24, 2.45) is 0 Å². The Hall–Kier alpha value is -1.83. The number of carbonyl (C=O) groups excluding carboxylic acids is 1. The molecule has 16 heavy (non-hydrogen) atoms. The third kappa shape index (κ3) is 1.91. The number of carbonyl (C=O) groups is 1. The van der Waals surface area contributed by atoms with Crippen LogP contribution in [0.1, 0.15) is 25.0 Å². The molecule has 0 aliphatic carbocycles. The first-order valence-electron chi connectivity index (χ1n) is 5.43. The van der Waals surface area contributed by atoms with Gasteiger partial charge in [-0.3, -0.25) is 4.79 Å². The Bertz CT molecular complexity index is 486. The van der Waals surface area contributed by atoms with Crippen LogP contribution >= 0.6 is 0 Å². The number of fused-ring (bicyclic) bond motifs is 1. The fraction of sp³-hybridized carbons (Fsp3) is 0.214. The lowest BCUT2D eigenvalue weighted by Crippen LogP contribution is -2.02. The summed E-state index contributed by atoms with van der Waals surface area (Å²) in [5.41, 5.74) is 1.08.